The van der Waals surface area contributed by atoms with Gasteiger partial charge in [0.2, 0.25) is 0 Å². The van der Waals surface area contributed by atoms with Gasteiger partial charge >= 0.3 is 28.6 Å². The van der Waals surface area contributed by atoms with E-state index in [0.717, 1.165) is 6.92 Å². The third-order valence-corrected chi connectivity index (χ3v) is 0.973. The fourth-order valence-electron chi connectivity index (χ4n) is 0.266. The van der Waals surface area contributed by atoms with Crippen LogP contribution in [0.15, 0.2) is 0 Å². The molecule has 0 aliphatic heterocycles. The molecule has 0 amide bonds. The molecule has 0 fully saturated rings. The number of quaternary nitrogens is 1. The molecule has 0 aliphatic rings. The Morgan fingerprint density at radius 3 is 2.00 bits per heavy atom. The first-order valence-electron chi connectivity index (χ1n) is 3.77. The maximum absolute atomic E-state index is 11.2. The number of carboxylic acid groups (broad SMARTS) is 1. The molecule has 0 saturated carbocycles. The molecule has 8 heteroatoms. The van der Waals surface area contributed by atoms with E-state index in [1.807, 2.05) is 0 Å². The summed E-state index contributed by atoms with van der Waals surface area (Å²) in [6.45, 7) is 1.15. The summed E-state index contributed by atoms with van der Waals surface area (Å²) in [6, 6.07) is 0. The molecule has 1 atom stereocenters. The molecule has 0 aromatic rings. The largest absolute Gasteiger partial charge is 1.00 e. The van der Waals surface area contributed by atoms with E-state index in [1.54, 1.807) is 0 Å². The van der Waals surface area contributed by atoms with Crippen LogP contribution in [0.1, 0.15) is 13.3 Å². The van der Waals surface area contributed by atoms with Gasteiger partial charge in [-0.25, -0.2) is 0 Å². The Balaban J connectivity index is -0.000000187. The van der Waals surface area contributed by atoms with Crippen molar-refractivity contribution in [3.05, 3.63) is 7.05 Å². The summed E-state index contributed by atoms with van der Waals surface area (Å²) >= 11 is 0. The Morgan fingerprint density at radius 2 is 1.93 bits per heavy atom. The predicted octanol–water partition coefficient (Wildman–Crippen LogP) is -1.59. The molecule has 96 valence electrons. The molecule has 15 heavy (non-hydrogen) atoms. The molecule has 1 unspecified atom stereocenters. The average Bonchev–Trinajstić information content (AvgIpc) is 2.00. The summed E-state index contributed by atoms with van der Waals surface area (Å²) in [5.74, 6) is -1.44. The quantitative estimate of drug-likeness (QED) is 0.485. The maximum Gasteiger partial charge on any atom is 1.00 e. The topological polar surface area (TPSA) is 77.0 Å². The van der Waals surface area contributed by atoms with Gasteiger partial charge in [-0.2, -0.15) is 20.2 Å². The number of aliphatic hydroxyl groups excluding tert-OH is 1. The van der Waals surface area contributed by atoms with Crippen LogP contribution in [0.4, 0.5) is 13.2 Å². The molecular formula is C7H13AgF3NO3. The number of halogens is 3. The number of carbonyl (C=O) groups is 1. The van der Waals surface area contributed by atoms with Gasteiger partial charge in [0.1, 0.15) is 0 Å². The zero-order valence-corrected chi connectivity index (χ0v) is 9.46. The second-order valence-electron chi connectivity index (χ2n) is 2.44. The summed E-state index contributed by atoms with van der Waals surface area (Å²) in [4.78, 5) is 9.34. The van der Waals surface area contributed by atoms with E-state index in [9.17, 15) is 23.1 Å². The van der Waals surface area contributed by atoms with E-state index in [-0.39, 0.29) is 28.9 Å². The molecule has 0 saturated heterocycles. The minimum atomic E-state index is -4.02. The van der Waals surface area contributed by atoms with Gasteiger partial charge in [0.05, 0.1) is 25.0 Å². The Kier molecular flexibility index (Phi) is 14.2. The van der Waals surface area contributed by atoms with E-state index in [1.165, 1.54) is 5.32 Å². The normalized spacial score (nSPS) is 11.9. The van der Waals surface area contributed by atoms with Crippen molar-refractivity contribution in [1.29, 1.82) is 0 Å². The van der Waals surface area contributed by atoms with Crippen molar-refractivity contribution in [2.75, 3.05) is 6.54 Å². The minimum absolute atomic E-state index is 0. The third-order valence-electron chi connectivity index (χ3n) is 0.973. The van der Waals surface area contributed by atoms with Gasteiger partial charge in [-0.15, -0.1) is 0 Å². The van der Waals surface area contributed by atoms with Crippen molar-refractivity contribution >= 4 is 5.97 Å². The first-order valence-corrected chi connectivity index (χ1v) is 3.77. The Hall–Kier alpha value is -0.0797. The third kappa shape index (κ3) is 24.9. The second-order valence-corrected chi connectivity index (χ2v) is 2.44. The molecule has 0 bridgehead atoms. The molecule has 0 radical (unpaired) electrons. The molecule has 4 nitrogen and oxygen atoms in total. The van der Waals surface area contributed by atoms with Crippen molar-refractivity contribution in [2.45, 2.75) is 25.6 Å². The van der Waals surface area contributed by atoms with E-state index in [0.29, 0.717) is 0 Å². The van der Waals surface area contributed by atoms with Crippen LogP contribution in [0.5, 0.6) is 0 Å². The molecule has 0 aromatic heterocycles. The monoisotopic (exact) mass is 323 g/mol. The van der Waals surface area contributed by atoms with E-state index < -0.39 is 24.7 Å². The SMILES string of the molecule is CC(O)C(=O)[O-].[Ag+].[CH2-][NH2+]CCC(F)(F)F. The Labute approximate surface area is 101 Å². The molecule has 3 N–H and O–H groups in total. The average molecular weight is 324 g/mol. The predicted molar refractivity (Wildman–Crippen MR) is 39.5 cm³/mol. The van der Waals surface area contributed by atoms with Crippen LogP contribution in [0.3, 0.4) is 0 Å². The number of hydrogen-bond acceptors (Lipinski definition) is 3. The molecule has 0 heterocycles. The first-order chi connectivity index (χ1) is 6.20. The number of nitrogens with two attached hydrogens (primary N) is 1. The van der Waals surface area contributed by atoms with E-state index >= 15 is 0 Å². The van der Waals surface area contributed by atoms with Crippen LogP contribution >= 0.6 is 0 Å². The number of carbonyl (C=O) groups excluding carboxylic acids is 1. The van der Waals surface area contributed by atoms with Gasteiger partial charge in [0, 0.05) is 0 Å². The van der Waals surface area contributed by atoms with Crippen molar-refractivity contribution in [3.8, 4) is 0 Å². The van der Waals surface area contributed by atoms with Crippen LogP contribution in [-0.2, 0) is 27.2 Å². The van der Waals surface area contributed by atoms with Gasteiger partial charge in [-0.3, -0.25) is 0 Å². The first kappa shape index (κ1) is 20.3. The summed E-state index contributed by atoms with van der Waals surface area (Å²) in [7, 11) is 3.16. The van der Waals surface area contributed by atoms with Crippen LogP contribution in [0.25, 0.3) is 0 Å². The van der Waals surface area contributed by atoms with Crippen molar-refractivity contribution < 1.29 is 55.9 Å². The number of hydrogen-bond donors (Lipinski definition) is 2. The van der Waals surface area contributed by atoms with Crippen LogP contribution < -0.4 is 10.4 Å². The molecule has 0 rings (SSSR count). The zero-order chi connectivity index (χ0) is 11.8. The second kappa shape index (κ2) is 10.4. The van der Waals surface area contributed by atoms with Gasteiger partial charge in [-0.05, 0) is 6.92 Å². The number of rotatable bonds is 3. The van der Waals surface area contributed by atoms with E-state index in [4.69, 9.17) is 5.11 Å². The number of aliphatic hydroxyl groups is 1. The number of aliphatic carboxylic acids is 1. The summed E-state index contributed by atoms with van der Waals surface area (Å²) in [5, 5.41) is 18.6. The van der Waals surface area contributed by atoms with Crippen molar-refractivity contribution in [1.82, 2.24) is 0 Å². The number of alkyl halides is 3. The molecule has 0 aliphatic carbocycles. The molecule has 0 aromatic carbocycles. The fraction of sp³-hybridized carbons (Fsp3) is 0.714. The molecule has 0 spiro atoms. The van der Waals surface area contributed by atoms with Crippen LogP contribution in [-0.4, -0.2) is 29.9 Å². The maximum atomic E-state index is 11.2. The van der Waals surface area contributed by atoms with Crippen molar-refractivity contribution in [3.63, 3.8) is 0 Å². The number of carboxylic acids is 1. The Bertz CT molecular complexity index is 164. The zero-order valence-electron chi connectivity index (χ0n) is 7.98. The Morgan fingerprint density at radius 1 is 1.60 bits per heavy atom. The van der Waals surface area contributed by atoms with E-state index in [2.05, 4.69) is 7.05 Å². The van der Waals surface area contributed by atoms with Gasteiger partial charge < -0.3 is 20.3 Å². The standard InChI is InChI=1S/C4H8F3N.C3H6O3.Ag/c1-8-3-2-4(5,6)7;1-2(4)3(5)6;/h1-3,8H2;2,4H,1H3,(H,5,6);/q;;+1/p-1. The van der Waals surface area contributed by atoms with Gasteiger partial charge in [0.15, 0.2) is 0 Å². The van der Waals surface area contributed by atoms with Gasteiger partial charge in [-0.1, -0.05) is 0 Å². The van der Waals surface area contributed by atoms with Crippen LogP contribution in [0, 0.1) is 7.05 Å². The van der Waals surface area contributed by atoms with Crippen LogP contribution in [0.2, 0.25) is 0 Å². The minimum Gasteiger partial charge on any atom is -0.547 e. The fourth-order valence-corrected chi connectivity index (χ4v) is 0.266. The smallest absolute Gasteiger partial charge is 0.547 e. The molecular weight excluding hydrogens is 311 g/mol. The van der Waals surface area contributed by atoms with Gasteiger partial charge in [0.25, 0.3) is 0 Å². The van der Waals surface area contributed by atoms with Crippen molar-refractivity contribution in [2.24, 2.45) is 0 Å². The summed E-state index contributed by atoms with van der Waals surface area (Å²) < 4.78 is 33.6. The summed E-state index contributed by atoms with van der Waals surface area (Å²) in [5.41, 5.74) is 0. The summed E-state index contributed by atoms with van der Waals surface area (Å²) in [6.07, 6.45) is -6.12.